The van der Waals surface area contributed by atoms with E-state index in [0.717, 1.165) is 11.1 Å². The number of halogens is 1. The minimum Gasteiger partial charge on any atom is -0.396 e. The average Bonchev–Trinajstić information content (AvgIpc) is 2.90. The van der Waals surface area contributed by atoms with Crippen LogP contribution >= 0.6 is 11.6 Å². The van der Waals surface area contributed by atoms with E-state index in [0.29, 0.717) is 12.0 Å². The Kier molecular flexibility index (Phi) is 5.82. The van der Waals surface area contributed by atoms with Gasteiger partial charge in [0.15, 0.2) is 5.15 Å². The molecule has 27 heavy (non-hydrogen) atoms. The number of nitrogens with zero attached hydrogens (tertiary/aromatic N) is 2. The molecule has 7 nitrogen and oxygen atoms in total. The van der Waals surface area contributed by atoms with Crippen LogP contribution in [0.15, 0.2) is 24.3 Å². The van der Waals surface area contributed by atoms with Crippen molar-refractivity contribution in [2.45, 2.75) is 31.6 Å². The zero-order valence-electron chi connectivity index (χ0n) is 14.7. The summed E-state index contributed by atoms with van der Waals surface area (Å²) in [5.41, 5.74) is 7.97. The fraction of sp³-hybridized carbons (Fsp3) is 0.368. The highest BCUT2D eigenvalue weighted by molar-refractivity contribution is 6.31. The fourth-order valence-corrected chi connectivity index (χ4v) is 3.28. The number of aryl methyl sites for hydroxylation is 1. The molecule has 0 radical (unpaired) electrons. The number of nitrogen functional groups attached to an aromatic ring is 1. The van der Waals surface area contributed by atoms with E-state index in [2.05, 4.69) is 27.1 Å². The lowest BCUT2D eigenvalue weighted by atomic mass is 10.1. The van der Waals surface area contributed by atoms with Crippen molar-refractivity contribution in [2.24, 2.45) is 5.92 Å². The maximum Gasteiger partial charge on any atom is 0.223 e. The third-order valence-corrected chi connectivity index (χ3v) is 4.90. The molecule has 0 amide bonds. The smallest absolute Gasteiger partial charge is 0.223 e. The number of anilines is 2. The summed E-state index contributed by atoms with van der Waals surface area (Å²) >= 11 is 6.21. The molecule has 4 atom stereocenters. The van der Waals surface area contributed by atoms with Crippen molar-refractivity contribution >= 4 is 23.4 Å². The lowest BCUT2D eigenvalue weighted by Gasteiger charge is -2.19. The Balaban J connectivity index is 1.91. The Hall–Kier alpha value is -2.37. The summed E-state index contributed by atoms with van der Waals surface area (Å²) in [6.45, 7) is 1.77. The molecule has 0 saturated heterocycles. The summed E-state index contributed by atoms with van der Waals surface area (Å²) in [6.07, 6.45) is -1.72. The maximum absolute atomic E-state index is 10.2. The van der Waals surface area contributed by atoms with Gasteiger partial charge >= 0.3 is 0 Å². The minimum atomic E-state index is -1.06. The normalized spacial score (nSPS) is 24.3. The van der Waals surface area contributed by atoms with Gasteiger partial charge in [0.2, 0.25) is 5.95 Å². The average molecular weight is 389 g/mol. The van der Waals surface area contributed by atoms with Crippen molar-refractivity contribution in [3.63, 3.8) is 0 Å². The van der Waals surface area contributed by atoms with Gasteiger partial charge in [0.05, 0.1) is 12.1 Å². The first-order valence-corrected chi connectivity index (χ1v) is 8.92. The zero-order chi connectivity index (χ0) is 19.6. The molecule has 1 aromatic heterocycles. The molecule has 1 saturated carbocycles. The molecule has 0 unspecified atom stereocenters. The first-order valence-electron chi connectivity index (χ1n) is 8.54. The molecular weight excluding hydrogens is 368 g/mol. The van der Waals surface area contributed by atoms with E-state index in [1.807, 2.05) is 31.2 Å². The van der Waals surface area contributed by atoms with Crippen LogP contribution in [-0.4, -0.2) is 50.1 Å². The van der Waals surface area contributed by atoms with Crippen molar-refractivity contribution in [1.29, 1.82) is 0 Å². The number of nitrogens with two attached hydrogens (primary N) is 1. The monoisotopic (exact) mass is 388 g/mol. The second-order valence-electron chi connectivity index (χ2n) is 6.62. The molecule has 142 valence electrons. The number of aromatic nitrogens is 2. The standard InChI is InChI=1S/C19H21ClN4O3/c1-10-2-4-11(5-3-10)6-7-13-17(20)23-19(21)24-18(13)22-14-8-12(9-25)15(26)16(14)27/h2-5,12,14-16,25-27H,8-9H2,1H3,(H3,21,22,23,24)/t12-,14-,15-,16+/m1/s1. The summed E-state index contributed by atoms with van der Waals surface area (Å²) in [5, 5.41) is 32.7. The fourth-order valence-electron chi connectivity index (χ4n) is 3.06. The van der Waals surface area contributed by atoms with Crippen molar-refractivity contribution in [3.8, 4) is 11.8 Å². The van der Waals surface area contributed by atoms with Crippen molar-refractivity contribution < 1.29 is 15.3 Å². The van der Waals surface area contributed by atoms with Gasteiger partial charge in [-0.1, -0.05) is 41.1 Å². The second kappa shape index (κ2) is 8.11. The van der Waals surface area contributed by atoms with Crippen molar-refractivity contribution in [2.75, 3.05) is 17.7 Å². The van der Waals surface area contributed by atoms with Gasteiger partial charge in [0, 0.05) is 18.1 Å². The Labute approximate surface area is 162 Å². The van der Waals surface area contributed by atoms with Gasteiger partial charge in [0.1, 0.15) is 17.5 Å². The summed E-state index contributed by atoms with van der Waals surface area (Å²) in [4.78, 5) is 8.09. The molecular formula is C19H21ClN4O3. The van der Waals surface area contributed by atoms with Crippen LogP contribution in [0.25, 0.3) is 0 Å². The van der Waals surface area contributed by atoms with Gasteiger partial charge < -0.3 is 26.4 Å². The molecule has 0 spiro atoms. The Morgan fingerprint density at radius 2 is 1.89 bits per heavy atom. The minimum absolute atomic E-state index is 0.0323. The number of hydrogen-bond acceptors (Lipinski definition) is 7. The van der Waals surface area contributed by atoms with Crippen LogP contribution in [0.1, 0.15) is 23.1 Å². The predicted octanol–water partition coefficient (Wildman–Crippen LogP) is 0.935. The van der Waals surface area contributed by atoms with E-state index >= 15 is 0 Å². The highest BCUT2D eigenvalue weighted by atomic mass is 35.5. The quantitative estimate of drug-likeness (QED) is 0.391. The third-order valence-electron chi connectivity index (χ3n) is 4.62. The molecule has 8 heteroatoms. The number of aliphatic hydroxyl groups is 3. The Morgan fingerprint density at radius 3 is 2.52 bits per heavy atom. The number of rotatable bonds is 3. The molecule has 0 bridgehead atoms. The van der Waals surface area contributed by atoms with Crippen molar-refractivity contribution in [1.82, 2.24) is 9.97 Å². The van der Waals surface area contributed by atoms with E-state index in [-0.39, 0.29) is 23.5 Å². The van der Waals surface area contributed by atoms with E-state index < -0.39 is 24.2 Å². The van der Waals surface area contributed by atoms with Crippen LogP contribution < -0.4 is 11.1 Å². The topological polar surface area (TPSA) is 125 Å². The van der Waals surface area contributed by atoms with Crippen LogP contribution in [0.5, 0.6) is 0 Å². The Bertz CT molecular complexity index is 879. The van der Waals surface area contributed by atoms with Crippen LogP contribution in [0.4, 0.5) is 11.8 Å². The van der Waals surface area contributed by atoms with Gasteiger partial charge in [0.25, 0.3) is 0 Å². The van der Waals surface area contributed by atoms with E-state index in [1.54, 1.807) is 0 Å². The number of benzene rings is 1. The van der Waals surface area contributed by atoms with Crippen molar-refractivity contribution in [3.05, 3.63) is 46.1 Å². The number of nitrogens with one attached hydrogen (secondary N) is 1. The largest absolute Gasteiger partial charge is 0.396 e. The third kappa shape index (κ3) is 4.31. The number of aliphatic hydroxyl groups excluding tert-OH is 3. The van der Waals surface area contributed by atoms with Gasteiger partial charge in [-0.15, -0.1) is 0 Å². The van der Waals surface area contributed by atoms with Gasteiger partial charge in [-0.25, -0.2) is 0 Å². The first kappa shape index (κ1) is 19.4. The zero-order valence-corrected chi connectivity index (χ0v) is 15.5. The molecule has 0 aliphatic heterocycles. The van der Waals surface area contributed by atoms with E-state index in [1.165, 1.54) is 0 Å². The molecule has 1 aliphatic carbocycles. The lowest BCUT2D eigenvalue weighted by Crippen LogP contribution is -2.35. The lowest BCUT2D eigenvalue weighted by molar-refractivity contribution is 0.00445. The highest BCUT2D eigenvalue weighted by Crippen LogP contribution is 2.30. The molecule has 1 heterocycles. The summed E-state index contributed by atoms with van der Waals surface area (Å²) in [5.74, 6) is 5.78. The van der Waals surface area contributed by atoms with E-state index in [9.17, 15) is 15.3 Å². The molecule has 1 aromatic carbocycles. The van der Waals surface area contributed by atoms with Gasteiger partial charge in [-0.05, 0) is 25.5 Å². The van der Waals surface area contributed by atoms with Gasteiger partial charge in [-0.3, -0.25) is 0 Å². The highest BCUT2D eigenvalue weighted by Gasteiger charge is 2.41. The molecule has 1 aliphatic rings. The predicted molar refractivity (Wildman–Crippen MR) is 103 cm³/mol. The molecule has 2 aromatic rings. The van der Waals surface area contributed by atoms with Crippen LogP contribution in [0.2, 0.25) is 5.15 Å². The summed E-state index contributed by atoms with van der Waals surface area (Å²) in [6, 6.07) is 7.17. The summed E-state index contributed by atoms with van der Waals surface area (Å²) in [7, 11) is 0. The second-order valence-corrected chi connectivity index (χ2v) is 6.98. The van der Waals surface area contributed by atoms with Crippen LogP contribution in [-0.2, 0) is 0 Å². The summed E-state index contributed by atoms with van der Waals surface area (Å²) < 4.78 is 0. The molecule has 6 N–H and O–H groups in total. The molecule has 3 rings (SSSR count). The van der Waals surface area contributed by atoms with Gasteiger partial charge in [-0.2, -0.15) is 9.97 Å². The van der Waals surface area contributed by atoms with Crippen LogP contribution in [0, 0.1) is 24.7 Å². The van der Waals surface area contributed by atoms with E-state index in [4.69, 9.17) is 17.3 Å². The van der Waals surface area contributed by atoms with Crippen LogP contribution in [0.3, 0.4) is 0 Å². The maximum atomic E-state index is 10.2. The SMILES string of the molecule is Cc1ccc(C#Cc2c(Cl)nc(N)nc2N[C@@H]2C[C@H](CO)[C@@H](O)[C@H]2O)cc1. The number of hydrogen-bond donors (Lipinski definition) is 5. The molecule has 1 fully saturated rings. The Morgan fingerprint density at radius 1 is 1.19 bits per heavy atom. The first-order chi connectivity index (χ1) is 12.9.